The monoisotopic (exact) mass is 639 g/mol. The second-order valence-electron chi connectivity index (χ2n) is 10.4. The highest BCUT2D eigenvalue weighted by Gasteiger charge is 2.53. The van der Waals surface area contributed by atoms with Crippen LogP contribution in [0.1, 0.15) is 0 Å². The maximum Gasteiger partial charge on any atom is 0.402 e. The van der Waals surface area contributed by atoms with Crippen LogP contribution in [0, 0.1) is 0 Å². The Balaban J connectivity index is 1.53. The van der Waals surface area contributed by atoms with Crippen molar-refractivity contribution in [1.29, 1.82) is 0 Å². The van der Waals surface area contributed by atoms with Gasteiger partial charge in [-0.3, -0.25) is 0 Å². The number of fused-ring (bicyclic) bond motifs is 1. The van der Waals surface area contributed by atoms with Gasteiger partial charge >= 0.3 is 17.3 Å². The Morgan fingerprint density at radius 1 is 0.844 bits per heavy atom. The van der Waals surface area contributed by atoms with Gasteiger partial charge in [0.1, 0.15) is 59.6 Å². The third-order valence-electron chi connectivity index (χ3n) is 7.43. The minimum absolute atomic E-state index is 0.0916. The number of ether oxygens (including phenoxy) is 5. The molecule has 2 aliphatic rings. The van der Waals surface area contributed by atoms with Gasteiger partial charge in [0.2, 0.25) is 12.0 Å². The van der Waals surface area contributed by atoms with Gasteiger partial charge in [0.15, 0.2) is 23.9 Å². The number of carboxylic acids is 1. The Bertz CT molecular complexity index is 1550. The highest BCUT2D eigenvalue weighted by atomic mass is 16.7. The van der Waals surface area contributed by atoms with Crippen LogP contribution in [0.15, 0.2) is 40.8 Å². The van der Waals surface area contributed by atoms with Crippen LogP contribution in [-0.4, -0.2) is 132 Å². The number of aliphatic hydroxyl groups is 6. The van der Waals surface area contributed by atoms with Gasteiger partial charge < -0.3 is 74.7 Å². The average Bonchev–Trinajstić information content (AvgIpc) is 3.01. The van der Waals surface area contributed by atoms with E-state index >= 15 is 0 Å². The lowest BCUT2D eigenvalue weighted by molar-refractivity contribution is -0.348. The summed E-state index contributed by atoms with van der Waals surface area (Å²) in [4.78, 5) is 11.5. The first-order chi connectivity index (χ1) is 21.3. The number of phenols is 3. The summed E-state index contributed by atoms with van der Waals surface area (Å²) in [6.45, 7) is -0.839. The van der Waals surface area contributed by atoms with Crippen LogP contribution in [0.4, 0.5) is 0 Å². The van der Waals surface area contributed by atoms with Crippen LogP contribution in [-0.2, 0) is 19.0 Å². The number of phenolic OH excluding ortho intramolecular Hbond substituents is 3. The van der Waals surface area contributed by atoms with E-state index in [1.54, 1.807) is 0 Å². The predicted molar refractivity (Wildman–Crippen MR) is 145 cm³/mol. The zero-order valence-corrected chi connectivity index (χ0v) is 23.3. The third kappa shape index (κ3) is 6.12. The van der Waals surface area contributed by atoms with Crippen molar-refractivity contribution in [2.45, 2.75) is 61.4 Å². The summed E-state index contributed by atoms with van der Waals surface area (Å²) < 4.78 is 33.5. The highest BCUT2D eigenvalue weighted by molar-refractivity contribution is 5.89. The summed E-state index contributed by atoms with van der Waals surface area (Å²) in [7, 11) is 1.33. The predicted octanol–water partition coefficient (Wildman–Crippen LogP) is -1.40. The van der Waals surface area contributed by atoms with E-state index < -0.39 is 85.5 Å². The van der Waals surface area contributed by atoms with Crippen LogP contribution in [0.5, 0.6) is 28.7 Å². The Hall–Kier alpha value is -4.04. The zero-order valence-electron chi connectivity index (χ0n) is 23.3. The molecule has 0 saturated carbocycles. The van der Waals surface area contributed by atoms with Gasteiger partial charge in [-0.05, 0) is 12.1 Å². The lowest BCUT2D eigenvalue weighted by atomic mass is 9.97. The summed E-state index contributed by atoms with van der Waals surface area (Å²) in [5.74, 6) is -3.01. The van der Waals surface area contributed by atoms with Gasteiger partial charge in [-0.15, -0.1) is 0 Å². The maximum atomic E-state index is 11.5. The number of carboxylic acid groups (broad SMARTS) is 1. The molecular formula is C28H31O17+. The fraction of sp³-hybridized carbons (Fsp3) is 0.429. The summed E-state index contributed by atoms with van der Waals surface area (Å²) in [5, 5.41) is 102. The number of carbonyl (C=O) groups is 1. The fourth-order valence-corrected chi connectivity index (χ4v) is 5.05. The molecule has 0 spiro atoms. The maximum absolute atomic E-state index is 11.5. The molecule has 5 rings (SSSR count). The molecule has 2 saturated heterocycles. The standard InChI is InChI=1S/C28H30O17/c1-40-14-5-10(30)6-15-11(14)7-16(23(41-15)9-2-3-12(31)13(32)4-9)42-28-22(37)24(18(33)17(8-29)43-28)44-27-21(36)19(34)20(35)25(45-27)26(38)39/h2-7,17-22,24-25,27-29,33-37H,8H2,1H3,(H3-,30,31,32,38,39)/p+1/t17-,18-,19+,20+,21-,22-,24+,25+,27-,28-/m1/s1. The molecule has 10 N–H and O–H groups in total. The van der Waals surface area contributed by atoms with Gasteiger partial charge in [0.25, 0.3) is 0 Å². The summed E-state index contributed by atoms with van der Waals surface area (Å²) in [6.07, 6.45) is -19.0. The fourth-order valence-electron chi connectivity index (χ4n) is 5.05. The Morgan fingerprint density at radius 3 is 2.22 bits per heavy atom. The van der Waals surface area contributed by atoms with Crippen molar-refractivity contribution in [3.8, 4) is 40.1 Å². The van der Waals surface area contributed by atoms with Gasteiger partial charge in [-0.25, -0.2) is 9.21 Å². The lowest BCUT2D eigenvalue weighted by Crippen LogP contribution is -2.65. The molecule has 2 fully saturated rings. The number of methoxy groups -OCH3 is 1. The van der Waals surface area contributed by atoms with Crippen LogP contribution in [0.25, 0.3) is 22.3 Å². The van der Waals surface area contributed by atoms with Crippen molar-refractivity contribution >= 4 is 16.9 Å². The summed E-state index contributed by atoms with van der Waals surface area (Å²) >= 11 is 0. The number of aliphatic carboxylic acids is 1. The minimum Gasteiger partial charge on any atom is -0.507 e. The molecule has 17 nitrogen and oxygen atoms in total. The van der Waals surface area contributed by atoms with Gasteiger partial charge in [-0.2, -0.15) is 0 Å². The number of aromatic hydroxyl groups is 3. The molecule has 2 aliphatic heterocycles. The van der Waals surface area contributed by atoms with Gasteiger partial charge in [0, 0.05) is 18.2 Å². The molecule has 3 aromatic rings. The Kier molecular flexibility index (Phi) is 9.17. The number of benzene rings is 2. The molecule has 45 heavy (non-hydrogen) atoms. The Morgan fingerprint density at radius 2 is 1.58 bits per heavy atom. The Labute approximate surface area is 252 Å². The minimum atomic E-state index is -2.04. The van der Waals surface area contributed by atoms with Crippen LogP contribution in [0.3, 0.4) is 0 Å². The van der Waals surface area contributed by atoms with Crippen molar-refractivity contribution in [3.05, 3.63) is 36.4 Å². The number of rotatable bonds is 8. The molecule has 2 aromatic carbocycles. The smallest absolute Gasteiger partial charge is 0.402 e. The lowest BCUT2D eigenvalue weighted by Gasteiger charge is -2.45. The van der Waals surface area contributed by atoms with E-state index in [4.69, 9.17) is 28.1 Å². The normalized spacial score (nSPS) is 31.9. The molecule has 17 heteroatoms. The van der Waals surface area contributed by atoms with E-state index in [9.17, 15) is 55.9 Å². The summed E-state index contributed by atoms with van der Waals surface area (Å²) in [6, 6.07) is 7.59. The third-order valence-corrected chi connectivity index (χ3v) is 7.43. The van der Waals surface area contributed by atoms with E-state index in [1.807, 2.05) is 0 Å². The molecule has 0 amide bonds. The van der Waals surface area contributed by atoms with Crippen molar-refractivity contribution in [3.63, 3.8) is 0 Å². The first-order valence-corrected chi connectivity index (χ1v) is 13.4. The van der Waals surface area contributed by atoms with Gasteiger partial charge in [0.05, 0.1) is 25.3 Å². The molecule has 1 aromatic heterocycles. The molecular weight excluding hydrogens is 608 g/mol. The second-order valence-corrected chi connectivity index (χ2v) is 10.4. The van der Waals surface area contributed by atoms with Crippen LogP contribution in [0.2, 0.25) is 0 Å². The molecule has 244 valence electrons. The SMILES string of the molecule is COc1cc(O)cc2[o+]c(-c3ccc(O)c(O)c3)c(O[C@@H]3O[C@H](CO)[C@@H](O)[C@H](O[C@@H]4O[C@H](C(=O)O)[C@@H](O)[C@H](O)[C@H]4O)[C@H]3O)cc12. The topological polar surface area (TPSA) is 277 Å². The molecule has 0 radical (unpaired) electrons. The van der Waals surface area contributed by atoms with Crippen molar-refractivity contribution in [1.82, 2.24) is 0 Å². The van der Waals surface area contributed by atoms with Crippen molar-refractivity contribution < 1.29 is 84.0 Å². The molecule has 0 aliphatic carbocycles. The number of hydrogen-bond acceptors (Lipinski definition) is 15. The van der Waals surface area contributed by atoms with Crippen LogP contribution < -0.4 is 9.47 Å². The number of aliphatic hydroxyl groups excluding tert-OH is 6. The summed E-state index contributed by atoms with van der Waals surface area (Å²) in [5.41, 5.74) is 0.237. The zero-order chi connectivity index (χ0) is 32.7. The highest BCUT2D eigenvalue weighted by Crippen LogP contribution is 2.42. The van der Waals surface area contributed by atoms with E-state index in [2.05, 4.69) is 0 Å². The van der Waals surface area contributed by atoms with E-state index in [-0.39, 0.29) is 39.5 Å². The van der Waals surface area contributed by atoms with Gasteiger partial charge in [-0.1, -0.05) is 0 Å². The number of hydrogen-bond donors (Lipinski definition) is 10. The van der Waals surface area contributed by atoms with Crippen molar-refractivity contribution in [2.24, 2.45) is 0 Å². The quantitative estimate of drug-likeness (QED) is 0.100. The first-order valence-electron chi connectivity index (χ1n) is 13.4. The van der Waals surface area contributed by atoms with E-state index in [1.165, 1.54) is 31.4 Å². The van der Waals surface area contributed by atoms with E-state index in [0.29, 0.717) is 0 Å². The van der Waals surface area contributed by atoms with E-state index in [0.717, 1.165) is 12.1 Å². The largest absolute Gasteiger partial charge is 0.507 e. The van der Waals surface area contributed by atoms with Crippen molar-refractivity contribution in [2.75, 3.05) is 13.7 Å². The van der Waals surface area contributed by atoms with Crippen LogP contribution >= 0.6 is 0 Å². The molecule has 0 unspecified atom stereocenters. The molecule has 0 bridgehead atoms. The molecule has 3 heterocycles. The molecule has 10 atom stereocenters. The second kappa shape index (κ2) is 12.8. The average molecular weight is 640 g/mol. The first kappa shape index (κ1) is 32.4.